The number of H-pyrrole nitrogens is 1. The Kier molecular flexibility index (Phi) is 6.69. The zero-order valence-corrected chi connectivity index (χ0v) is 23.3. The molecule has 41 heavy (non-hydrogen) atoms. The molecule has 0 spiro atoms. The van der Waals surface area contributed by atoms with E-state index in [9.17, 15) is 9.00 Å². The van der Waals surface area contributed by atoms with Crippen LogP contribution in [0.15, 0.2) is 114 Å². The largest absolute Gasteiger partial charge is 0.339 e. The Morgan fingerprint density at radius 2 is 1.61 bits per heavy atom. The van der Waals surface area contributed by atoms with Crippen LogP contribution in [0.5, 0.6) is 0 Å². The topological polar surface area (TPSA) is 74.8 Å². The molecule has 4 aromatic carbocycles. The first kappa shape index (κ1) is 25.4. The van der Waals surface area contributed by atoms with E-state index >= 15 is 0 Å². The maximum atomic E-state index is 13.1. The molecule has 1 aliphatic rings. The molecule has 1 aliphatic carbocycles. The molecule has 0 aliphatic heterocycles. The maximum absolute atomic E-state index is 13.1. The van der Waals surface area contributed by atoms with Gasteiger partial charge in [-0.2, -0.15) is 0 Å². The first-order valence-corrected chi connectivity index (χ1v) is 15.3. The number of fused-ring (bicyclic) bond motifs is 3. The number of amides is 1. The van der Waals surface area contributed by atoms with E-state index in [1.807, 2.05) is 85.1 Å². The lowest BCUT2D eigenvalue weighted by Gasteiger charge is -2.13. The molecular weight excluding hydrogens is 526 g/mol. The van der Waals surface area contributed by atoms with E-state index in [0.29, 0.717) is 18.1 Å². The van der Waals surface area contributed by atoms with Gasteiger partial charge in [0.2, 0.25) is 5.91 Å². The Morgan fingerprint density at radius 3 is 2.34 bits per heavy atom. The normalized spacial score (nSPS) is 13.9. The number of pyridine rings is 1. The van der Waals surface area contributed by atoms with Crippen molar-refractivity contribution >= 4 is 44.3 Å². The third-order valence-corrected chi connectivity index (χ3v) is 9.10. The van der Waals surface area contributed by atoms with Gasteiger partial charge in [0.1, 0.15) is 5.65 Å². The second kappa shape index (κ2) is 10.8. The van der Waals surface area contributed by atoms with Crippen LogP contribution in [0.1, 0.15) is 24.8 Å². The van der Waals surface area contributed by atoms with Crippen LogP contribution in [0.4, 0.5) is 5.69 Å². The standard InChI is InChI=1S/C35H29N3O2S/c39-32(20-23-11-12-23)37-27-16-14-25(15-17-27)30-21-36-35-34(33(30)26-7-3-1-4-8-26)29-19-24(13-18-31(29)38-35)22-41(40)28-9-5-2-6-10-28/h1-10,13-19,21,23H,11-12,20,22H2,(H,36,38)(H,37,39). The van der Waals surface area contributed by atoms with E-state index in [-0.39, 0.29) is 5.91 Å². The number of aromatic nitrogens is 2. The van der Waals surface area contributed by atoms with E-state index in [0.717, 1.165) is 73.2 Å². The molecule has 5 nitrogen and oxygen atoms in total. The number of nitrogens with one attached hydrogen (secondary N) is 2. The van der Waals surface area contributed by atoms with Crippen molar-refractivity contribution in [3.05, 3.63) is 115 Å². The quantitative estimate of drug-likeness (QED) is 0.199. The minimum Gasteiger partial charge on any atom is -0.339 e. The predicted octanol–water partition coefficient (Wildman–Crippen LogP) is 8.10. The van der Waals surface area contributed by atoms with Crippen LogP contribution in [0, 0.1) is 5.92 Å². The Bertz CT molecular complexity index is 1890. The summed E-state index contributed by atoms with van der Waals surface area (Å²) in [5, 5.41) is 5.13. The fraction of sp³-hybridized carbons (Fsp3) is 0.143. The summed E-state index contributed by atoms with van der Waals surface area (Å²) in [5.41, 5.74) is 7.84. The summed E-state index contributed by atoms with van der Waals surface area (Å²) in [6.07, 6.45) is 4.84. The number of hydrogen-bond acceptors (Lipinski definition) is 3. The summed E-state index contributed by atoms with van der Waals surface area (Å²) in [6, 6.07) is 34.2. The SMILES string of the molecule is O=C(CC1CC1)Nc1ccc(-c2cnc3[nH]c4ccc(CS(=O)c5ccccc5)cc4c3c2-c2ccccc2)cc1. The Balaban J connectivity index is 1.31. The van der Waals surface area contributed by atoms with E-state index in [2.05, 4.69) is 34.6 Å². The molecule has 6 heteroatoms. The summed E-state index contributed by atoms with van der Waals surface area (Å²) < 4.78 is 13.1. The molecule has 6 aromatic rings. The van der Waals surface area contributed by atoms with Gasteiger partial charge in [-0.1, -0.05) is 66.7 Å². The smallest absolute Gasteiger partial charge is 0.224 e. The van der Waals surface area contributed by atoms with Crippen LogP contribution >= 0.6 is 0 Å². The Labute approximate surface area is 241 Å². The maximum Gasteiger partial charge on any atom is 0.224 e. The van der Waals surface area contributed by atoms with Crippen molar-refractivity contribution in [1.82, 2.24) is 9.97 Å². The van der Waals surface area contributed by atoms with Gasteiger partial charge in [0.05, 0.1) is 16.6 Å². The van der Waals surface area contributed by atoms with Crippen molar-refractivity contribution in [3.63, 3.8) is 0 Å². The van der Waals surface area contributed by atoms with Gasteiger partial charge in [0, 0.05) is 50.6 Å². The molecule has 1 amide bonds. The van der Waals surface area contributed by atoms with Crippen molar-refractivity contribution < 1.29 is 9.00 Å². The number of benzene rings is 4. The fourth-order valence-corrected chi connectivity index (χ4v) is 6.56. The van der Waals surface area contributed by atoms with Gasteiger partial charge in [0.25, 0.3) is 0 Å². The minimum absolute atomic E-state index is 0.0797. The molecule has 2 N–H and O–H groups in total. The third kappa shape index (κ3) is 5.31. The van der Waals surface area contributed by atoms with Crippen molar-refractivity contribution in [2.75, 3.05) is 5.32 Å². The minimum atomic E-state index is -1.14. The lowest BCUT2D eigenvalue weighted by molar-refractivity contribution is -0.116. The van der Waals surface area contributed by atoms with Gasteiger partial charge in [-0.3, -0.25) is 9.00 Å². The number of nitrogens with zero attached hydrogens (tertiary/aromatic N) is 1. The highest BCUT2D eigenvalue weighted by atomic mass is 32.2. The van der Waals surface area contributed by atoms with Gasteiger partial charge in [-0.05, 0) is 71.8 Å². The van der Waals surface area contributed by atoms with E-state index in [1.54, 1.807) is 0 Å². The summed E-state index contributed by atoms with van der Waals surface area (Å²) in [4.78, 5) is 21.5. The molecule has 1 fully saturated rings. The third-order valence-electron chi connectivity index (χ3n) is 7.70. The number of anilines is 1. The molecule has 1 atom stereocenters. The summed E-state index contributed by atoms with van der Waals surface area (Å²) in [7, 11) is -1.14. The monoisotopic (exact) mass is 555 g/mol. The molecule has 0 saturated heterocycles. The van der Waals surface area contributed by atoms with Gasteiger partial charge >= 0.3 is 0 Å². The molecule has 202 valence electrons. The number of rotatable bonds is 8. The molecule has 1 unspecified atom stereocenters. The van der Waals surface area contributed by atoms with E-state index < -0.39 is 10.8 Å². The van der Waals surface area contributed by atoms with Crippen molar-refractivity contribution in [2.24, 2.45) is 5.92 Å². The summed E-state index contributed by atoms with van der Waals surface area (Å²) in [6.45, 7) is 0. The number of carbonyl (C=O) groups is 1. The molecule has 2 aromatic heterocycles. The summed E-state index contributed by atoms with van der Waals surface area (Å²) >= 11 is 0. The van der Waals surface area contributed by atoms with Crippen molar-refractivity contribution in [2.45, 2.75) is 29.9 Å². The van der Waals surface area contributed by atoms with Crippen LogP contribution in [-0.2, 0) is 21.3 Å². The van der Waals surface area contributed by atoms with E-state index in [1.165, 1.54) is 0 Å². The highest BCUT2D eigenvalue weighted by Crippen LogP contribution is 2.41. The zero-order valence-electron chi connectivity index (χ0n) is 22.5. The van der Waals surface area contributed by atoms with Crippen LogP contribution in [0.25, 0.3) is 44.2 Å². The van der Waals surface area contributed by atoms with Crippen LogP contribution in [0.2, 0.25) is 0 Å². The van der Waals surface area contributed by atoms with Gasteiger partial charge in [0.15, 0.2) is 0 Å². The van der Waals surface area contributed by atoms with Crippen molar-refractivity contribution in [3.8, 4) is 22.3 Å². The molecule has 0 bridgehead atoms. The average Bonchev–Trinajstić information content (AvgIpc) is 3.75. The second-order valence-corrected chi connectivity index (χ2v) is 12.2. The first-order valence-electron chi connectivity index (χ1n) is 13.9. The highest BCUT2D eigenvalue weighted by molar-refractivity contribution is 7.84. The van der Waals surface area contributed by atoms with Crippen LogP contribution in [0.3, 0.4) is 0 Å². The predicted molar refractivity (Wildman–Crippen MR) is 167 cm³/mol. The molecular formula is C35H29N3O2S. The van der Waals surface area contributed by atoms with Crippen LogP contribution < -0.4 is 5.32 Å². The Morgan fingerprint density at radius 1 is 0.878 bits per heavy atom. The van der Waals surface area contributed by atoms with E-state index in [4.69, 9.17) is 4.98 Å². The number of hydrogen-bond donors (Lipinski definition) is 2. The first-order chi connectivity index (χ1) is 20.1. The lowest BCUT2D eigenvalue weighted by Crippen LogP contribution is -2.11. The average molecular weight is 556 g/mol. The van der Waals surface area contributed by atoms with Crippen LogP contribution in [-0.4, -0.2) is 20.1 Å². The highest BCUT2D eigenvalue weighted by Gasteiger charge is 2.24. The lowest BCUT2D eigenvalue weighted by atomic mass is 9.92. The van der Waals surface area contributed by atoms with Gasteiger partial charge in [-0.15, -0.1) is 0 Å². The summed E-state index contributed by atoms with van der Waals surface area (Å²) in [5.74, 6) is 1.07. The molecule has 1 saturated carbocycles. The number of aromatic amines is 1. The molecule has 7 rings (SSSR count). The van der Waals surface area contributed by atoms with Gasteiger partial charge < -0.3 is 10.3 Å². The zero-order chi connectivity index (χ0) is 27.8. The molecule has 0 radical (unpaired) electrons. The van der Waals surface area contributed by atoms with Crippen molar-refractivity contribution in [1.29, 1.82) is 0 Å². The second-order valence-electron chi connectivity index (χ2n) is 10.7. The molecule has 2 heterocycles. The van der Waals surface area contributed by atoms with Gasteiger partial charge in [-0.25, -0.2) is 4.98 Å². The fourth-order valence-electron chi connectivity index (χ4n) is 5.45. The Hall–Kier alpha value is -4.55. The number of carbonyl (C=O) groups excluding carboxylic acids is 1.